The van der Waals surface area contributed by atoms with Crippen LogP contribution >= 0.6 is 0 Å². The molecular weight excluding hydrogens is 222 g/mol. The van der Waals surface area contributed by atoms with Gasteiger partial charge in [-0.2, -0.15) is 4.98 Å². The van der Waals surface area contributed by atoms with E-state index in [2.05, 4.69) is 29.9 Å². The topological polar surface area (TPSA) is 96.7 Å². The summed E-state index contributed by atoms with van der Waals surface area (Å²) in [5.74, 6) is 1.85. The number of hydrogen-bond donors (Lipinski definition) is 2. The molecule has 7 nitrogen and oxygen atoms in total. The summed E-state index contributed by atoms with van der Waals surface area (Å²) < 4.78 is 4.61. The highest BCUT2D eigenvalue weighted by atomic mass is 16.5. The van der Waals surface area contributed by atoms with Crippen molar-refractivity contribution in [3.8, 4) is 0 Å². The van der Waals surface area contributed by atoms with Crippen LogP contribution in [-0.2, 0) is 12.8 Å². The van der Waals surface area contributed by atoms with Gasteiger partial charge in [0.2, 0.25) is 6.39 Å². The summed E-state index contributed by atoms with van der Waals surface area (Å²) in [6, 6.07) is 1.43. The summed E-state index contributed by atoms with van der Waals surface area (Å²) in [6.07, 6.45) is 2.60. The predicted octanol–water partition coefficient (Wildman–Crippen LogP) is 0.370. The molecule has 17 heavy (non-hydrogen) atoms. The van der Waals surface area contributed by atoms with Crippen molar-refractivity contribution in [3.63, 3.8) is 0 Å². The van der Waals surface area contributed by atoms with E-state index < -0.39 is 0 Å². The molecule has 2 heterocycles. The molecule has 0 spiro atoms. The van der Waals surface area contributed by atoms with Gasteiger partial charge in [-0.05, 0) is 0 Å². The van der Waals surface area contributed by atoms with E-state index in [1.165, 1.54) is 12.5 Å². The van der Waals surface area contributed by atoms with E-state index in [1.54, 1.807) is 0 Å². The van der Waals surface area contributed by atoms with E-state index in [-0.39, 0.29) is 5.56 Å². The summed E-state index contributed by atoms with van der Waals surface area (Å²) in [7, 11) is 0. The van der Waals surface area contributed by atoms with Gasteiger partial charge in [0, 0.05) is 25.5 Å². The average Bonchev–Trinajstić information content (AvgIpc) is 2.81. The maximum Gasteiger partial charge on any atom is 0.252 e. The number of nitrogens with one attached hydrogen (secondary N) is 2. The molecule has 0 atom stereocenters. The first-order valence-electron chi connectivity index (χ1n) is 5.37. The van der Waals surface area contributed by atoms with E-state index >= 15 is 0 Å². The Bertz CT molecular complexity index is 520. The molecule has 0 bridgehead atoms. The van der Waals surface area contributed by atoms with Crippen molar-refractivity contribution in [3.05, 3.63) is 34.5 Å². The van der Waals surface area contributed by atoms with Crippen molar-refractivity contribution in [1.29, 1.82) is 0 Å². The van der Waals surface area contributed by atoms with Crippen LogP contribution in [0.1, 0.15) is 18.6 Å². The number of rotatable bonds is 5. The van der Waals surface area contributed by atoms with E-state index in [0.717, 1.165) is 0 Å². The van der Waals surface area contributed by atoms with Crippen LogP contribution in [0.4, 0.5) is 5.82 Å². The molecule has 2 N–H and O–H groups in total. The molecule has 2 rings (SSSR count). The van der Waals surface area contributed by atoms with Crippen LogP contribution in [0, 0.1) is 0 Å². The number of hydrogen-bond acceptors (Lipinski definition) is 6. The molecule has 2 aromatic heterocycles. The Balaban J connectivity index is 1.94. The molecule has 0 amide bonds. The van der Waals surface area contributed by atoms with E-state index in [0.29, 0.717) is 36.9 Å². The van der Waals surface area contributed by atoms with Crippen LogP contribution in [0.5, 0.6) is 0 Å². The van der Waals surface area contributed by atoms with Gasteiger partial charge in [-0.3, -0.25) is 4.79 Å². The van der Waals surface area contributed by atoms with Gasteiger partial charge in [0.25, 0.3) is 5.56 Å². The summed E-state index contributed by atoms with van der Waals surface area (Å²) in [5.41, 5.74) is -0.154. The third kappa shape index (κ3) is 3.13. The molecule has 0 fully saturated rings. The molecule has 7 heteroatoms. The normalized spacial score (nSPS) is 10.4. The van der Waals surface area contributed by atoms with Crippen molar-refractivity contribution >= 4 is 5.82 Å². The highest BCUT2D eigenvalue weighted by Crippen LogP contribution is 1.99. The monoisotopic (exact) mass is 235 g/mol. The lowest BCUT2D eigenvalue weighted by Crippen LogP contribution is -2.15. The van der Waals surface area contributed by atoms with E-state index in [1.807, 2.05) is 6.92 Å². The molecule has 0 aromatic carbocycles. The number of aromatic amines is 1. The zero-order chi connectivity index (χ0) is 12.1. The first kappa shape index (κ1) is 11.3. The Kier molecular flexibility index (Phi) is 3.49. The summed E-state index contributed by atoms with van der Waals surface area (Å²) in [6.45, 7) is 2.53. The molecular formula is C10H13N5O2. The maximum absolute atomic E-state index is 11.3. The van der Waals surface area contributed by atoms with Gasteiger partial charge >= 0.3 is 0 Å². The Morgan fingerprint density at radius 2 is 2.41 bits per heavy atom. The second-order valence-corrected chi connectivity index (χ2v) is 3.46. The Morgan fingerprint density at radius 3 is 3.12 bits per heavy atom. The zero-order valence-electron chi connectivity index (χ0n) is 9.43. The van der Waals surface area contributed by atoms with Gasteiger partial charge in [-0.15, -0.1) is 0 Å². The fourth-order valence-electron chi connectivity index (χ4n) is 1.37. The summed E-state index contributed by atoms with van der Waals surface area (Å²) in [5, 5.41) is 6.73. The quantitative estimate of drug-likeness (QED) is 0.777. The molecule has 0 aliphatic heterocycles. The van der Waals surface area contributed by atoms with Crippen LogP contribution < -0.4 is 10.9 Å². The van der Waals surface area contributed by atoms with Crippen LogP contribution in [0.3, 0.4) is 0 Å². The minimum Gasteiger partial charge on any atom is -0.369 e. The molecule has 0 aliphatic rings. The van der Waals surface area contributed by atoms with Gasteiger partial charge in [-0.1, -0.05) is 12.1 Å². The molecule has 0 saturated carbocycles. The second-order valence-electron chi connectivity index (χ2n) is 3.46. The molecule has 90 valence electrons. The minimum atomic E-state index is -0.154. The predicted molar refractivity (Wildman–Crippen MR) is 60.7 cm³/mol. The van der Waals surface area contributed by atoms with Crippen LogP contribution in [0.2, 0.25) is 0 Å². The van der Waals surface area contributed by atoms with E-state index in [9.17, 15) is 4.79 Å². The molecule has 2 aromatic rings. The maximum atomic E-state index is 11.3. The SMILES string of the molecule is CCc1nc(NCCc2ncon2)cc(=O)[nH]1. The standard InChI is InChI=1S/C10H13N5O2/c1-2-7-13-9(5-10(16)14-7)11-4-3-8-12-6-17-15-8/h5-6H,2-4H2,1H3,(H2,11,13,14,16). The van der Waals surface area contributed by atoms with Crippen LogP contribution in [0.15, 0.2) is 21.8 Å². The number of aromatic nitrogens is 4. The third-order valence-electron chi connectivity index (χ3n) is 2.19. The zero-order valence-corrected chi connectivity index (χ0v) is 9.43. The number of aryl methyl sites for hydroxylation is 1. The molecule has 0 unspecified atom stereocenters. The number of anilines is 1. The smallest absolute Gasteiger partial charge is 0.252 e. The Morgan fingerprint density at radius 1 is 1.53 bits per heavy atom. The van der Waals surface area contributed by atoms with Crippen molar-refractivity contribution in [2.75, 3.05) is 11.9 Å². The molecule has 0 saturated heterocycles. The van der Waals surface area contributed by atoms with Gasteiger partial charge < -0.3 is 14.8 Å². The average molecular weight is 235 g/mol. The van der Waals surface area contributed by atoms with Gasteiger partial charge in [0.1, 0.15) is 11.6 Å². The lowest BCUT2D eigenvalue weighted by atomic mass is 10.4. The minimum absolute atomic E-state index is 0.154. The first-order valence-corrected chi connectivity index (χ1v) is 5.37. The molecule has 0 aliphatic carbocycles. The van der Waals surface area contributed by atoms with Crippen molar-refractivity contribution in [2.45, 2.75) is 19.8 Å². The van der Waals surface area contributed by atoms with Gasteiger partial charge in [0.05, 0.1) is 0 Å². The van der Waals surface area contributed by atoms with Crippen LogP contribution in [0.25, 0.3) is 0 Å². The second kappa shape index (κ2) is 5.24. The molecule has 0 radical (unpaired) electrons. The Hall–Kier alpha value is -2.18. The number of nitrogens with zero attached hydrogens (tertiary/aromatic N) is 3. The number of H-pyrrole nitrogens is 1. The first-order chi connectivity index (χ1) is 8.28. The van der Waals surface area contributed by atoms with Crippen molar-refractivity contribution in [1.82, 2.24) is 20.1 Å². The highest BCUT2D eigenvalue weighted by Gasteiger charge is 2.01. The van der Waals surface area contributed by atoms with Crippen molar-refractivity contribution in [2.24, 2.45) is 0 Å². The van der Waals surface area contributed by atoms with Crippen LogP contribution in [-0.4, -0.2) is 26.7 Å². The third-order valence-corrected chi connectivity index (χ3v) is 2.19. The Labute approximate surface area is 97.3 Å². The van der Waals surface area contributed by atoms with Gasteiger partial charge in [-0.25, -0.2) is 4.98 Å². The lowest BCUT2D eigenvalue weighted by Gasteiger charge is -2.04. The van der Waals surface area contributed by atoms with Gasteiger partial charge in [0.15, 0.2) is 5.82 Å². The fourth-order valence-corrected chi connectivity index (χ4v) is 1.37. The largest absolute Gasteiger partial charge is 0.369 e. The summed E-state index contributed by atoms with van der Waals surface area (Å²) in [4.78, 5) is 22.1. The fraction of sp³-hybridized carbons (Fsp3) is 0.400. The highest BCUT2D eigenvalue weighted by molar-refractivity contribution is 5.32. The van der Waals surface area contributed by atoms with E-state index in [4.69, 9.17) is 0 Å². The van der Waals surface area contributed by atoms with Crippen molar-refractivity contribution < 1.29 is 4.52 Å². The lowest BCUT2D eigenvalue weighted by molar-refractivity contribution is 0.410. The summed E-state index contributed by atoms with van der Waals surface area (Å²) >= 11 is 0.